The van der Waals surface area contributed by atoms with E-state index in [0.29, 0.717) is 16.5 Å². The molecule has 1 heterocycles. The van der Waals surface area contributed by atoms with E-state index in [2.05, 4.69) is 11.8 Å². The van der Waals surface area contributed by atoms with Crippen molar-refractivity contribution in [1.82, 2.24) is 4.90 Å². The maximum absolute atomic E-state index is 10.6. The lowest BCUT2D eigenvalue weighted by atomic mass is 9.85. The van der Waals surface area contributed by atoms with Crippen LogP contribution in [0.5, 0.6) is 0 Å². The molecule has 1 saturated heterocycles. The van der Waals surface area contributed by atoms with Crippen molar-refractivity contribution < 1.29 is 5.11 Å². The van der Waals surface area contributed by atoms with E-state index in [-0.39, 0.29) is 0 Å². The maximum Gasteiger partial charge on any atom is 0.0712 e. The molecule has 0 unspecified atom stereocenters. The van der Waals surface area contributed by atoms with Gasteiger partial charge in [-0.25, -0.2) is 0 Å². The standard InChI is InChI=1S/C14H19Cl2NO/c1-2-17-7-5-14(18,6-8-17)10-11-3-4-12(15)13(16)9-11/h3-4,9,18H,2,5-8,10H2,1H3. The van der Waals surface area contributed by atoms with Crippen LogP contribution in [0.1, 0.15) is 25.3 Å². The average molecular weight is 288 g/mol. The van der Waals surface area contributed by atoms with Gasteiger partial charge in [0.15, 0.2) is 0 Å². The largest absolute Gasteiger partial charge is 0.389 e. The number of rotatable bonds is 3. The summed E-state index contributed by atoms with van der Waals surface area (Å²) in [6, 6.07) is 5.59. The molecule has 4 heteroatoms. The summed E-state index contributed by atoms with van der Waals surface area (Å²) in [5.74, 6) is 0. The van der Waals surface area contributed by atoms with Crippen molar-refractivity contribution in [3.63, 3.8) is 0 Å². The molecule has 0 atom stereocenters. The number of halogens is 2. The van der Waals surface area contributed by atoms with Crippen LogP contribution in [-0.4, -0.2) is 35.2 Å². The number of piperidine rings is 1. The first-order valence-electron chi connectivity index (χ1n) is 6.41. The summed E-state index contributed by atoms with van der Waals surface area (Å²) in [5.41, 5.74) is 0.458. The van der Waals surface area contributed by atoms with Crippen molar-refractivity contribution in [2.24, 2.45) is 0 Å². The molecular weight excluding hydrogens is 269 g/mol. The Morgan fingerprint density at radius 3 is 2.44 bits per heavy atom. The Labute approximate surface area is 119 Å². The van der Waals surface area contributed by atoms with Crippen molar-refractivity contribution >= 4 is 23.2 Å². The minimum atomic E-state index is -0.594. The zero-order valence-corrected chi connectivity index (χ0v) is 12.1. The topological polar surface area (TPSA) is 23.5 Å². The molecular formula is C14H19Cl2NO. The minimum absolute atomic E-state index is 0.559. The highest BCUT2D eigenvalue weighted by Crippen LogP contribution is 2.29. The molecule has 1 fully saturated rings. The number of hydrogen-bond acceptors (Lipinski definition) is 2. The normalized spacial score (nSPS) is 20.0. The van der Waals surface area contributed by atoms with Crippen LogP contribution in [0.2, 0.25) is 10.0 Å². The number of likely N-dealkylation sites (tertiary alicyclic amines) is 1. The van der Waals surface area contributed by atoms with Gasteiger partial charge in [0.2, 0.25) is 0 Å². The SMILES string of the molecule is CCN1CCC(O)(Cc2ccc(Cl)c(Cl)c2)CC1. The van der Waals surface area contributed by atoms with Crippen LogP contribution in [0.25, 0.3) is 0 Å². The highest BCUT2D eigenvalue weighted by atomic mass is 35.5. The van der Waals surface area contributed by atoms with E-state index in [1.54, 1.807) is 6.07 Å². The van der Waals surface area contributed by atoms with Gasteiger partial charge in [0.1, 0.15) is 0 Å². The van der Waals surface area contributed by atoms with Crippen LogP contribution in [0, 0.1) is 0 Å². The third-order valence-electron chi connectivity index (χ3n) is 3.75. The van der Waals surface area contributed by atoms with Gasteiger partial charge in [-0.3, -0.25) is 0 Å². The van der Waals surface area contributed by atoms with Crippen molar-refractivity contribution in [1.29, 1.82) is 0 Å². The molecule has 1 aromatic rings. The Balaban J connectivity index is 2.02. The Morgan fingerprint density at radius 2 is 1.89 bits per heavy atom. The van der Waals surface area contributed by atoms with E-state index < -0.39 is 5.60 Å². The Hall–Kier alpha value is -0.280. The first-order chi connectivity index (χ1) is 8.52. The highest BCUT2D eigenvalue weighted by Gasteiger charge is 2.31. The lowest BCUT2D eigenvalue weighted by Crippen LogP contribution is -2.45. The predicted molar refractivity (Wildman–Crippen MR) is 76.5 cm³/mol. The van der Waals surface area contributed by atoms with Crippen LogP contribution < -0.4 is 0 Å². The molecule has 1 aliphatic heterocycles. The fourth-order valence-corrected chi connectivity index (χ4v) is 2.81. The van der Waals surface area contributed by atoms with Crippen LogP contribution in [0.4, 0.5) is 0 Å². The molecule has 2 rings (SSSR count). The molecule has 0 spiro atoms. The summed E-state index contributed by atoms with van der Waals surface area (Å²) in [4.78, 5) is 2.36. The van der Waals surface area contributed by atoms with Gasteiger partial charge in [-0.1, -0.05) is 36.2 Å². The van der Waals surface area contributed by atoms with Gasteiger partial charge in [0.05, 0.1) is 15.6 Å². The van der Waals surface area contributed by atoms with Crippen LogP contribution in [0.15, 0.2) is 18.2 Å². The number of benzene rings is 1. The Bertz CT molecular complexity index is 414. The van der Waals surface area contributed by atoms with Gasteiger partial charge in [0.25, 0.3) is 0 Å². The van der Waals surface area contributed by atoms with Gasteiger partial charge < -0.3 is 10.0 Å². The zero-order valence-electron chi connectivity index (χ0n) is 10.6. The van der Waals surface area contributed by atoms with E-state index in [1.807, 2.05) is 12.1 Å². The molecule has 1 aromatic carbocycles. The molecule has 2 nitrogen and oxygen atoms in total. The lowest BCUT2D eigenvalue weighted by molar-refractivity contribution is -0.0194. The third-order valence-corrected chi connectivity index (χ3v) is 4.49. The van der Waals surface area contributed by atoms with Crippen molar-refractivity contribution in [2.75, 3.05) is 19.6 Å². The summed E-state index contributed by atoms with van der Waals surface area (Å²) in [6.07, 6.45) is 2.30. The van der Waals surface area contributed by atoms with Gasteiger partial charge in [-0.15, -0.1) is 0 Å². The first-order valence-corrected chi connectivity index (χ1v) is 7.17. The predicted octanol–water partition coefficient (Wildman–Crippen LogP) is 3.38. The van der Waals surface area contributed by atoms with Gasteiger partial charge >= 0.3 is 0 Å². The fraction of sp³-hybridized carbons (Fsp3) is 0.571. The van der Waals surface area contributed by atoms with Gasteiger partial charge in [-0.2, -0.15) is 0 Å². The molecule has 100 valence electrons. The smallest absolute Gasteiger partial charge is 0.0712 e. The second kappa shape index (κ2) is 5.79. The summed E-state index contributed by atoms with van der Waals surface area (Å²) in [7, 11) is 0. The zero-order chi connectivity index (χ0) is 13.2. The van der Waals surface area contributed by atoms with Crippen LogP contribution >= 0.6 is 23.2 Å². The first kappa shape index (κ1) is 14.1. The fourth-order valence-electron chi connectivity index (χ4n) is 2.49. The minimum Gasteiger partial charge on any atom is -0.389 e. The number of hydrogen-bond donors (Lipinski definition) is 1. The molecule has 0 amide bonds. The molecule has 0 bridgehead atoms. The second-order valence-electron chi connectivity index (χ2n) is 5.08. The van der Waals surface area contributed by atoms with Crippen LogP contribution in [-0.2, 0) is 6.42 Å². The quantitative estimate of drug-likeness (QED) is 0.921. The summed E-state index contributed by atoms with van der Waals surface area (Å²) < 4.78 is 0. The number of aliphatic hydroxyl groups is 1. The van der Waals surface area contributed by atoms with Crippen molar-refractivity contribution in [2.45, 2.75) is 31.8 Å². The average Bonchev–Trinajstić information content (AvgIpc) is 2.35. The monoisotopic (exact) mass is 287 g/mol. The van der Waals surface area contributed by atoms with Crippen molar-refractivity contribution in [3.8, 4) is 0 Å². The summed E-state index contributed by atoms with van der Waals surface area (Å²) in [5, 5.41) is 11.7. The molecule has 0 saturated carbocycles. The third kappa shape index (κ3) is 3.39. The van der Waals surface area contributed by atoms with Gasteiger partial charge in [-0.05, 0) is 37.1 Å². The summed E-state index contributed by atoms with van der Waals surface area (Å²) >= 11 is 11.9. The molecule has 0 aromatic heterocycles. The molecule has 0 radical (unpaired) electrons. The molecule has 1 N–H and O–H groups in total. The maximum atomic E-state index is 10.6. The van der Waals surface area contributed by atoms with E-state index in [9.17, 15) is 5.11 Å². The van der Waals surface area contributed by atoms with Crippen LogP contribution in [0.3, 0.4) is 0 Å². The molecule has 18 heavy (non-hydrogen) atoms. The molecule has 0 aliphatic carbocycles. The summed E-state index contributed by atoms with van der Waals surface area (Å²) in [6.45, 7) is 5.15. The van der Waals surface area contributed by atoms with Gasteiger partial charge in [0, 0.05) is 19.5 Å². The Morgan fingerprint density at radius 1 is 1.22 bits per heavy atom. The lowest BCUT2D eigenvalue weighted by Gasteiger charge is -2.38. The number of nitrogens with zero attached hydrogens (tertiary/aromatic N) is 1. The Kier molecular flexibility index (Phi) is 4.54. The van der Waals surface area contributed by atoms with E-state index in [0.717, 1.165) is 38.0 Å². The van der Waals surface area contributed by atoms with E-state index in [1.165, 1.54) is 0 Å². The molecule has 1 aliphatic rings. The second-order valence-corrected chi connectivity index (χ2v) is 5.90. The van der Waals surface area contributed by atoms with E-state index >= 15 is 0 Å². The van der Waals surface area contributed by atoms with E-state index in [4.69, 9.17) is 23.2 Å². The van der Waals surface area contributed by atoms with Crippen molar-refractivity contribution in [3.05, 3.63) is 33.8 Å². The highest BCUT2D eigenvalue weighted by molar-refractivity contribution is 6.42.